The Morgan fingerprint density at radius 1 is 0.971 bits per heavy atom. The number of nitrogens with zero attached hydrogens (tertiary/aromatic N) is 2. The molecule has 0 amide bonds. The third kappa shape index (κ3) is 4.91. The summed E-state index contributed by atoms with van der Waals surface area (Å²) in [5.41, 5.74) is 0.523. The maximum absolute atomic E-state index is 13.1. The van der Waals surface area contributed by atoms with Gasteiger partial charge in [0.15, 0.2) is 0 Å². The Hall–Kier alpha value is -4.20. The van der Waals surface area contributed by atoms with Crippen molar-refractivity contribution < 1.29 is 22.8 Å². The van der Waals surface area contributed by atoms with E-state index < -0.39 is 22.4 Å². The summed E-state index contributed by atoms with van der Waals surface area (Å²) >= 11 is 0. The second-order valence-corrected chi connectivity index (χ2v) is 7.52. The zero-order valence-electron chi connectivity index (χ0n) is 18.0. The highest BCUT2D eigenvalue weighted by molar-refractivity contribution is 6.03. The molecule has 0 radical (unpaired) electrons. The van der Waals surface area contributed by atoms with Crippen LogP contribution in [-0.4, -0.2) is 11.1 Å². The van der Waals surface area contributed by atoms with Gasteiger partial charge in [-0.3, -0.25) is 15.1 Å². The molecule has 34 heavy (non-hydrogen) atoms. The fourth-order valence-electron chi connectivity index (χ4n) is 3.50. The van der Waals surface area contributed by atoms with Crippen molar-refractivity contribution in [2.75, 3.05) is 0 Å². The van der Waals surface area contributed by atoms with E-state index in [0.29, 0.717) is 17.3 Å². The topological polar surface area (TPSA) is 64.7 Å². The highest BCUT2D eigenvalue weighted by atomic mass is 19.4. The van der Waals surface area contributed by atoms with Crippen LogP contribution < -0.4 is 4.74 Å². The molecule has 0 unspecified atom stereocenters. The summed E-state index contributed by atoms with van der Waals surface area (Å²) in [6.07, 6.45) is -2.22. The van der Waals surface area contributed by atoms with Crippen molar-refractivity contribution >= 4 is 28.4 Å². The number of benzene rings is 4. The third-order valence-corrected chi connectivity index (χ3v) is 5.32. The first kappa shape index (κ1) is 23.0. The Labute approximate surface area is 193 Å². The monoisotopic (exact) mass is 464 g/mol. The van der Waals surface area contributed by atoms with Gasteiger partial charge in [0.1, 0.15) is 5.75 Å². The highest BCUT2D eigenvalue weighted by Gasteiger charge is 2.33. The fraction of sp³-hybridized carbons (Fsp3) is 0.115. The van der Waals surface area contributed by atoms with E-state index in [4.69, 9.17) is 4.74 Å². The van der Waals surface area contributed by atoms with Gasteiger partial charge in [-0.15, -0.1) is 0 Å². The van der Waals surface area contributed by atoms with Crippen molar-refractivity contribution in [3.05, 3.63) is 106 Å². The van der Waals surface area contributed by atoms with Crippen LogP contribution in [0.3, 0.4) is 0 Å². The summed E-state index contributed by atoms with van der Waals surface area (Å²) in [5.74, 6) is -0.0642. The largest absolute Gasteiger partial charge is 0.449 e. The zero-order valence-corrected chi connectivity index (χ0v) is 18.0. The third-order valence-electron chi connectivity index (χ3n) is 5.32. The van der Waals surface area contributed by atoms with Gasteiger partial charge in [-0.25, -0.2) is 0 Å². The van der Waals surface area contributed by atoms with E-state index in [1.54, 1.807) is 18.3 Å². The second-order valence-electron chi connectivity index (χ2n) is 7.52. The molecular weight excluding hydrogens is 445 g/mol. The number of aryl methyl sites for hydroxylation is 1. The van der Waals surface area contributed by atoms with Crippen molar-refractivity contribution in [2.45, 2.75) is 19.5 Å². The Morgan fingerprint density at radius 3 is 2.35 bits per heavy atom. The minimum atomic E-state index is -4.71. The van der Waals surface area contributed by atoms with Crippen molar-refractivity contribution in [3.63, 3.8) is 0 Å². The molecule has 0 aliphatic heterocycles. The molecule has 0 spiro atoms. The second kappa shape index (κ2) is 9.35. The predicted molar refractivity (Wildman–Crippen MR) is 125 cm³/mol. The SMILES string of the molecule is CCc1ccc(N=Cc2c(Oc3ccc(C(F)(F)F)cc3[N+](=O)[O-])ccc3ccccc23)cc1. The van der Waals surface area contributed by atoms with E-state index in [0.717, 1.165) is 29.3 Å². The summed E-state index contributed by atoms with van der Waals surface area (Å²) in [4.78, 5) is 15.1. The molecular formula is C26H19F3N2O3. The molecule has 0 aromatic heterocycles. The first-order chi connectivity index (χ1) is 16.3. The maximum atomic E-state index is 13.1. The molecule has 0 N–H and O–H groups in total. The van der Waals surface area contributed by atoms with Crippen LogP contribution in [0.25, 0.3) is 10.8 Å². The summed E-state index contributed by atoms with van der Waals surface area (Å²) in [5, 5.41) is 13.2. The van der Waals surface area contributed by atoms with Crippen molar-refractivity contribution in [3.8, 4) is 11.5 Å². The number of halogens is 3. The van der Waals surface area contributed by atoms with Crippen LogP contribution in [0.15, 0.2) is 83.9 Å². The maximum Gasteiger partial charge on any atom is 0.416 e. The number of rotatable bonds is 6. The Balaban J connectivity index is 1.79. The molecule has 0 atom stereocenters. The van der Waals surface area contributed by atoms with Crippen LogP contribution in [0.4, 0.5) is 24.5 Å². The number of nitro groups is 1. The first-order valence-electron chi connectivity index (χ1n) is 10.4. The van der Waals surface area contributed by atoms with Gasteiger partial charge in [-0.05, 0) is 53.1 Å². The average Bonchev–Trinajstić information content (AvgIpc) is 2.83. The van der Waals surface area contributed by atoms with Gasteiger partial charge < -0.3 is 4.74 Å². The molecule has 4 rings (SSSR count). The van der Waals surface area contributed by atoms with E-state index in [1.165, 1.54) is 5.56 Å². The lowest BCUT2D eigenvalue weighted by molar-refractivity contribution is -0.385. The molecule has 5 nitrogen and oxygen atoms in total. The van der Waals surface area contributed by atoms with Crippen LogP contribution in [-0.2, 0) is 12.6 Å². The minimum absolute atomic E-state index is 0.232. The molecule has 0 fully saturated rings. The van der Waals surface area contributed by atoms with Gasteiger partial charge in [-0.1, -0.05) is 49.4 Å². The number of nitro benzene ring substituents is 1. The zero-order chi connectivity index (χ0) is 24.3. The van der Waals surface area contributed by atoms with Crippen LogP contribution >= 0.6 is 0 Å². The number of hydrogen-bond acceptors (Lipinski definition) is 4. The number of ether oxygens (including phenoxy) is 1. The number of alkyl halides is 3. The Bertz CT molecular complexity index is 1380. The van der Waals surface area contributed by atoms with Gasteiger partial charge in [0.2, 0.25) is 5.75 Å². The summed E-state index contributed by atoms with van der Waals surface area (Å²) < 4.78 is 45.0. The van der Waals surface area contributed by atoms with E-state index >= 15 is 0 Å². The quantitative estimate of drug-likeness (QED) is 0.166. The van der Waals surface area contributed by atoms with Gasteiger partial charge in [0.25, 0.3) is 0 Å². The first-order valence-corrected chi connectivity index (χ1v) is 10.4. The van der Waals surface area contributed by atoms with E-state index in [2.05, 4.69) is 11.9 Å². The summed E-state index contributed by atoms with van der Waals surface area (Å²) in [6.45, 7) is 2.05. The van der Waals surface area contributed by atoms with Crippen LogP contribution in [0, 0.1) is 10.1 Å². The van der Waals surface area contributed by atoms with Gasteiger partial charge >= 0.3 is 11.9 Å². The number of aliphatic imine (C=N–C) groups is 1. The van der Waals surface area contributed by atoms with Gasteiger partial charge in [0.05, 0.1) is 16.2 Å². The number of hydrogen-bond donors (Lipinski definition) is 0. The fourth-order valence-corrected chi connectivity index (χ4v) is 3.50. The molecule has 0 saturated heterocycles. The summed E-state index contributed by atoms with van der Waals surface area (Å²) in [6, 6.07) is 20.7. The Kier molecular flexibility index (Phi) is 6.32. The molecule has 172 valence electrons. The summed E-state index contributed by atoms with van der Waals surface area (Å²) in [7, 11) is 0. The molecule has 0 aliphatic rings. The van der Waals surface area contributed by atoms with Crippen molar-refractivity contribution in [1.29, 1.82) is 0 Å². The number of fused-ring (bicyclic) bond motifs is 1. The average molecular weight is 464 g/mol. The van der Waals surface area contributed by atoms with Crippen molar-refractivity contribution in [1.82, 2.24) is 0 Å². The van der Waals surface area contributed by atoms with E-state index in [9.17, 15) is 23.3 Å². The standard InChI is InChI=1S/C26H19F3N2O3/c1-2-17-7-11-20(12-8-17)30-16-22-21-6-4-3-5-18(21)9-13-24(22)34-25-14-10-19(26(27,28)29)15-23(25)31(32)33/h3-16H,2H2,1H3. The van der Waals surface area contributed by atoms with Gasteiger partial charge in [0, 0.05) is 17.8 Å². The molecule has 0 heterocycles. The smallest absolute Gasteiger partial charge is 0.416 e. The van der Waals surface area contributed by atoms with Crippen LogP contribution in [0.2, 0.25) is 0 Å². The lowest BCUT2D eigenvalue weighted by atomic mass is 10.0. The van der Waals surface area contributed by atoms with Crippen LogP contribution in [0.5, 0.6) is 11.5 Å². The Morgan fingerprint density at radius 2 is 1.68 bits per heavy atom. The normalized spacial score (nSPS) is 11.8. The molecule has 0 saturated carbocycles. The lowest BCUT2D eigenvalue weighted by Crippen LogP contribution is -2.06. The molecule has 0 aliphatic carbocycles. The predicted octanol–water partition coefficient (Wildman–Crippen LogP) is 7.87. The van der Waals surface area contributed by atoms with Gasteiger partial charge in [-0.2, -0.15) is 13.2 Å². The highest BCUT2D eigenvalue weighted by Crippen LogP contribution is 2.39. The molecule has 4 aromatic carbocycles. The molecule has 4 aromatic rings. The molecule has 8 heteroatoms. The lowest BCUT2D eigenvalue weighted by Gasteiger charge is -2.13. The van der Waals surface area contributed by atoms with Crippen LogP contribution in [0.1, 0.15) is 23.6 Å². The van der Waals surface area contributed by atoms with Crippen molar-refractivity contribution in [2.24, 2.45) is 4.99 Å². The molecule has 0 bridgehead atoms. The van der Waals surface area contributed by atoms with E-state index in [1.807, 2.05) is 48.5 Å². The minimum Gasteiger partial charge on any atom is -0.449 e. The van der Waals surface area contributed by atoms with E-state index in [-0.39, 0.29) is 11.5 Å².